The van der Waals surface area contributed by atoms with E-state index in [1.54, 1.807) is 7.11 Å². The summed E-state index contributed by atoms with van der Waals surface area (Å²) >= 11 is 0. The predicted octanol–water partition coefficient (Wildman–Crippen LogP) is 1.43. The van der Waals surface area contributed by atoms with Gasteiger partial charge in [-0.25, -0.2) is 0 Å². The van der Waals surface area contributed by atoms with Gasteiger partial charge in [-0.2, -0.15) is 0 Å². The van der Waals surface area contributed by atoms with E-state index in [4.69, 9.17) is 10.5 Å². The van der Waals surface area contributed by atoms with Gasteiger partial charge in [0, 0.05) is 19.1 Å². The zero-order valence-corrected chi connectivity index (χ0v) is 11.5. The fourth-order valence-corrected chi connectivity index (χ4v) is 3.49. The number of amides is 1. The van der Waals surface area contributed by atoms with Crippen LogP contribution in [0.2, 0.25) is 0 Å². The van der Waals surface area contributed by atoms with E-state index in [0.717, 1.165) is 38.5 Å². The normalized spacial score (nSPS) is 40.7. The van der Waals surface area contributed by atoms with Crippen molar-refractivity contribution >= 4 is 5.91 Å². The van der Waals surface area contributed by atoms with Crippen molar-refractivity contribution in [3.63, 3.8) is 0 Å². The number of nitrogens with two attached hydrogens (primary N) is 1. The molecule has 4 nitrogen and oxygen atoms in total. The summed E-state index contributed by atoms with van der Waals surface area (Å²) in [5.41, 5.74) is 5.94. The lowest BCUT2D eigenvalue weighted by atomic mass is 9.77. The molecular formula is C14H26N2O2. The van der Waals surface area contributed by atoms with Gasteiger partial charge in [0.2, 0.25) is 5.91 Å². The SMILES string of the molecule is COC1CCCC1NC(=O)C1CCC(N)CC1C. The maximum atomic E-state index is 12.3. The van der Waals surface area contributed by atoms with E-state index in [0.29, 0.717) is 5.92 Å². The quantitative estimate of drug-likeness (QED) is 0.801. The Morgan fingerprint density at radius 1 is 1.28 bits per heavy atom. The Balaban J connectivity index is 1.87. The molecule has 3 N–H and O–H groups in total. The first kappa shape index (κ1) is 13.8. The Morgan fingerprint density at radius 3 is 2.72 bits per heavy atom. The van der Waals surface area contributed by atoms with Gasteiger partial charge in [-0.3, -0.25) is 4.79 Å². The minimum Gasteiger partial charge on any atom is -0.379 e. The number of ether oxygens (including phenoxy) is 1. The second-order valence-electron chi connectivity index (χ2n) is 5.98. The van der Waals surface area contributed by atoms with Crippen LogP contribution in [0.25, 0.3) is 0 Å². The molecular weight excluding hydrogens is 228 g/mol. The molecule has 1 amide bonds. The van der Waals surface area contributed by atoms with Crippen molar-refractivity contribution in [1.82, 2.24) is 5.32 Å². The molecule has 0 aliphatic heterocycles. The summed E-state index contributed by atoms with van der Waals surface area (Å²) in [4.78, 5) is 12.3. The number of hydrogen-bond acceptors (Lipinski definition) is 3. The zero-order valence-electron chi connectivity index (χ0n) is 11.5. The molecule has 0 aromatic carbocycles. The lowest BCUT2D eigenvalue weighted by Crippen LogP contribution is -2.47. The highest BCUT2D eigenvalue weighted by atomic mass is 16.5. The van der Waals surface area contributed by atoms with Crippen molar-refractivity contribution < 1.29 is 9.53 Å². The van der Waals surface area contributed by atoms with Crippen LogP contribution in [-0.4, -0.2) is 31.2 Å². The van der Waals surface area contributed by atoms with Crippen molar-refractivity contribution in [3.8, 4) is 0 Å². The second-order valence-corrected chi connectivity index (χ2v) is 5.98. The van der Waals surface area contributed by atoms with Crippen LogP contribution in [0.1, 0.15) is 45.4 Å². The van der Waals surface area contributed by atoms with E-state index in [2.05, 4.69) is 12.2 Å². The Kier molecular flexibility index (Phi) is 4.62. The van der Waals surface area contributed by atoms with Gasteiger partial charge in [0.05, 0.1) is 12.1 Å². The van der Waals surface area contributed by atoms with Crippen LogP contribution in [0, 0.1) is 11.8 Å². The molecule has 18 heavy (non-hydrogen) atoms. The third kappa shape index (κ3) is 3.04. The summed E-state index contributed by atoms with van der Waals surface area (Å²) < 4.78 is 5.42. The third-order valence-electron chi connectivity index (χ3n) is 4.63. The van der Waals surface area contributed by atoms with Gasteiger partial charge < -0.3 is 15.8 Å². The first-order valence-electron chi connectivity index (χ1n) is 7.20. The van der Waals surface area contributed by atoms with Crippen LogP contribution in [-0.2, 0) is 9.53 Å². The van der Waals surface area contributed by atoms with Gasteiger partial charge in [0.1, 0.15) is 0 Å². The highest BCUT2D eigenvalue weighted by molar-refractivity contribution is 5.79. The molecule has 2 saturated carbocycles. The first-order valence-corrected chi connectivity index (χ1v) is 7.20. The van der Waals surface area contributed by atoms with Crippen LogP contribution in [0.15, 0.2) is 0 Å². The topological polar surface area (TPSA) is 64.3 Å². The van der Waals surface area contributed by atoms with E-state index >= 15 is 0 Å². The molecule has 0 radical (unpaired) electrons. The Morgan fingerprint density at radius 2 is 2.06 bits per heavy atom. The lowest BCUT2D eigenvalue weighted by molar-refractivity contribution is -0.129. The summed E-state index contributed by atoms with van der Waals surface area (Å²) in [7, 11) is 1.73. The molecule has 0 bridgehead atoms. The van der Waals surface area contributed by atoms with Crippen molar-refractivity contribution in [2.24, 2.45) is 17.6 Å². The Labute approximate surface area is 110 Å². The van der Waals surface area contributed by atoms with Gasteiger partial charge in [-0.15, -0.1) is 0 Å². The van der Waals surface area contributed by atoms with Crippen LogP contribution in [0.4, 0.5) is 0 Å². The molecule has 2 rings (SSSR count). The second kappa shape index (κ2) is 6.02. The van der Waals surface area contributed by atoms with Crippen LogP contribution >= 0.6 is 0 Å². The molecule has 2 aliphatic carbocycles. The number of nitrogens with one attached hydrogen (secondary N) is 1. The van der Waals surface area contributed by atoms with Crippen molar-refractivity contribution in [2.45, 2.75) is 63.6 Å². The van der Waals surface area contributed by atoms with Crippen LogP contribution < -0.4 is 11.1 Å². The average molecular weight is 254 g/mol. The fraction of sp³-hybridized carbons (Fsp3) is 0.929. The van der Waals surface area contributed by atoms with Crippen LogP contribution in [0.5, 0.6) is 0 Å². The van der Waals surface area contributed by atoms with Crippen molar-refractivity contribution in [2.75, 3.05) is 7.11 Å². The fourth-order valence-electron chi connectivity index (χ4n) is 3.49. The molecule has 104 valence electrons. The Bertz CT molecular complexity index is 296. The molecule has 0 saturated heterocycles. The predicted molar refractivity (Wildman–Crippen MR) is 71.1 cm³/mol. The largest absolute Gasteiger partial charge is 0.379 e. The summed E-state index contributed by atoms with van der Waals surface area (Å²) in [6.45, 7) is 2.14. The maximum Gasteiger partial charge on any atom is 0.223 e. The summed E-state index contributed by atoms with van der Waals surface area (Å²) in [6, 6.07) is 0.493. The standard InChI is InChI=1S/C14H26N2O2/c1-9-8-10(15)6-7-11(9)14(17)16-12-4-3-5-13(12)18-2/h9-13H,3-8,15H2,1-2H3,(H,16,17). The van der Waals surface area contributed by atoms with Gasteiger partial charge in [0.15, 0.2) is 0 Å². The molecule has 0 aromatic rings. The van der Waals surface area contributed by atoms with Crippen molar-refractivity contribution in [1.29, 1.82) is 0 Å². The zero-order chi connectivity index (χ0) is 13.1. The highest BCUT2D eigenvalue weighted by Crippen LogP contribution is 2.30. The van der Waals surface area contributed by atoms with Gasteiger partial charge >= 0.3 is 0 Å². The summed E-state index contributed by atoms with van der Waals surface area (Å²) in [5, 5.41) is 3.19. The van der Waals surface area contributed by atoms with E-state index < -0.39 is 0 Å². The molecule has 2 fully saturated rings. The minimum absolute atomic E-state index is 0.142. The van der Waals surface area contributed by atoms with E-state index in [1.165, 1.54) is 0 Å². The smallest absolute Gasteiger partial charge is 0.223 e. The molecule has 2 aliphatic rings. The van der Waals surface area contributed by atoms with Gasteiger partial charge in [-0.1, -0.05) is 6.92 Å². The van der Waals surface area contributed by atoms with Gasteiger partial charge in [0.25, 0.3) is 0 Å². The van der Waals surface area contributed by atoms with Gasteiger partial charge in [-0.05, 0) is 44.4 Å². The monoisotopic (exact) mass is 254 g/mol. The molecule has 0 spiro atoms. The number of hydrogen-bond donors (Lipinski definition) is 2. The highest BCUT2D eigenvalue weighted by Gasteiger charge is 2.34. The maximum absolute atomic E-state index is 12.3. The number of carbonyl (C=O) groups excluding carboxylic acids is 1. The summed E-state index contributed by atoms with van der Waals surface area (Å²) in [6.07, 6.45) is 6.33. The number of methoxy groups -OCH3 is 1. The number of rotatable bonds is 3. The Hall–Kier alpha value is -0.610. The van der Waals surface area contributed by atoms with E-state index in [9.17, 15) is 4.79 Å². The summed E-state index contributed by atoms with van der Waals surface area (Å²) in [5.74, 6) is 0.752. The first-order chi connectivity index (χ1) is 8.61. The lowest BCUT2D eigenvalue weighted by Gasteiger charge is -2.32. The molecule has 4 heteroatoms. The average Bonchev–Trinajstić information content (AvgIpc) is 2.76. The number of carbonyl (C=O) groups is 1. The molecule has 5 unspecified atom stereocenters. The molecule has 5 atom stereocenters. The van der Waals surface area contributed by atoms with E-state index in [-0.39, 0.29) is 30.0 Å². The van der Waals surface area contributed by atoms with Crippen molar-refractivity contribution in [3.05, 3.63) is 0 Å². The molecule has 0 aromatic heterocycles. The minimum atomic E-state index is 0.142. The third-order valence-corrected chi connectivity index (χ3v) is 4.63. The van der Waals surface area contributed by atoms with Crippen LogP contribution in [0.3, 0.4) is 0 Å². The molecule has 0 heterocycles. The van der Waals surface area contributed by atoms with E-state index in [1.807, 2.05) is 0 Å².